The summed E-state index contributed by atoms with van der Waals surface area (Å²) in [5.41, 5.74) is 3.53. The number of fused-ring (bicyclic) bond motifs is 1. The van der Waals surface area contributed by atoms with E-state index < -0.39 is 0 Å². The highest BCUT2D eigenvalue weighted by atomic mass is 32.1. The molecule has 4 aromatic rings. The van der Waals surface area contributed by atoms with Gasteiger partial charge in [-0.2, -0.15) is 4.52 Å². The molecule has 166 valence electrons. The first-order valence-electron chi connectivity index (χ1n) is 10.9. The van der Waals surface area contributed by atoms with E-state index in [0.29, 0.717) is 0 Å². The molecule has 0 radical (unpaired) electrons. The predicted octanol–water partition coefficient (Wildman–Crippen LogP) is 4.12. The molecule has 1 N–H and O–H groups in total. The molecule has 0 saturated carbocycles. The van der Waals surface area contributed by atoms with E-state index in [4.69, 9.17) is 15.1 Å². The smallest absolute Gasteiger partial charge is 0.191 e. The van der Waals surface area contributed by atoms with Gasteiger partial charge in [-0.25, -0.2) is 14.4 Å². The van der Waals surface area contributed by atoms with Crippen LogP contribution < -0.4 is 15.1 Å². The number of imidazole rings is 1. The zero-order chi connectivity index (χ0) is 22.1. The molecule has 0 spiro atoms. The van der Waals surface area contributed by atoms with Crippen molar-refractivity contribution in [1.29, 1.82) is 0 Å². The topological polar surface area (TPSA) is 61.6 Å². The summed E-state index contributed by atoms with van der Waals surface area (Å²) in [5, 5.41) is 11.3. The molecule has 0 aliphatic carbocycles. The van der Waals surface area contributed by atoms with E-state index in [-0.39, 0.29) is 5.82 Å². The van der Waals surface area contributed by atoms with E-state index in [0.717, 1.165) is 78.4 Å². The summed E-state index contributed by atoms with van der Waals surface area (Å²) >= 11 is 1.55. The summed E-state index contributed by atoms with van der Waals surface area (Å²) in [5.74, 6) is 1.64. The summed E-state index contributed by atoms with van der Waals surface area (Å²) in [7, 11) is 2.00. The Morgan fingerprint density at radius 1 is 1.09 bits per heavy atom. The molecule has 0 bridgehead atoms. The molecule has 1 fully saturated rings. The lowest BCUT2D eigenvalue weighted by Gasteiger charge is -2.22. The van der Waals surface area contributed by atoms with Gasteiger partial charge in [0.05, 0.1) is 11.4 Å². The first-order chi connectivity index (χ1) is 15.6. The Bertz CT molecular complexity index is 1210. The van der Waals surface area contributed by atoms with E-state index in [2.05, 4.69) is 28.1 Å². The molecule has 0 unspecified atom stereocenters. The van der Waals surface area contributed by atoms with E-state index in [1.165, 1.54) is 12.1 Å². The third-order valence-electron chi connectivity index (χ3n) is 5.74. The number of hydrogen-bond donors (Lipinski definition) is 1. The van der Waals surface area contributed by atoms with Gasteiger partial charge in [0.2, 0.25) is 0 Å². The van der Waals surface area contributed by atoms with Crippen LogP contribution in [0.15, 0.2) is 41.8 Å². The molecule has 0 atom stereocenters. The minimum Gasteiger partial charge on any atom is -0.354 e. The molecule has 3 aromatic heterocycles. The van der Waals surface area contributed by atoms with E-state index in [1.54, 1.807) is 23.5 Å². The van der Waals surface area contributed by atoms with Crippen molar-refractivity contribution >= 4 is 33.8 Å². The van der Waals surface area contributed by atoms with Crippen LogP contribution in [0.3, 0.4) is 0 Å². The molecule has 4 heterocycles. The SMILES string of the molecule is CCc1nc2ccc(N3CCCNCC3)nn2c1N(C)c1nc(-c2ccc(F)cc2)cs1. The number of aromatic nitrogens is 4. The quantitative estimate of drug-likeness (QED) is 0.493. The summed E-state index contributed by atoms with van der Waals surface area (Å²) < 4.78 is 15.2. The fraction of sp³-hybridized carbons (Fsp3) is 0.348. The molecule has 5 rings (SSSR count). The normalized spacial score (nSPS) is 14.7. The van der Waals surface area contributed by atoms with Crippen molar-refractivity contribution in [3.05, 3.63) is 53.3 Å². The second-order valence-corrected chi connectivity index (χ2v) is 8.71. The van der Waals surface area contributed by atoms with Crippen LogP contribution in [-0.2, 0) is 6.42 Å². The van der Waals surface area contributed by atoms with Crippen LogP contribution in [0.4, 0.5) is 21.2 Å². The van der Waals surface area contributed by atoms with Gasteiger partial charge in [-0.05, 0) is 55.8 Å². The van der Waals surface area contributed by atoms with Crippen LogP contribution in [0.5, 0.6) is 0 Å². The van der Waals surface area contributed by atoms with Crippen LogP contribution in [0.1, 0.15) is 19.0 Å². The molecular formula is C23H26FN7S. The van der Waals surface area contributed by atoms with Crippen molar-refractivity contribution in [3.63, 3.8) is 0 Å². The number of rotatable bonds is 5. The largest absolute Gasteiger partial charge is 0.354 e. The Morgan fingerprint density at radius 2 is 1.94 bits per heavy atom. The maximum absolute atomic E-state index is 13.3. The van der Waals surface area contributed by atoms with E-state index in [9.17, 15) is 4.39 Å². The molecule has 7 nitrogen and oxygen atoms in total. The zero-order valence-electron chi connectivity index (χ0n) is 18.3. The van der Waals surface area contributed by atoms with Gasteiger partial charge in [0, 0.05) is 37.6 Å². The maximum Gasteiger partial charge on any atom is 0.191 e. The Labute approximate surface area is 190 Å². The highest BCUT2D eigenvalue weighted by molar-refractivity contribution is 7.14. The van der Waals surface area contributed by atoms with Crippen molar-refractivity contribution in [2.75, 3.05) is 43.0 Å². The number of aryl methyl sites for hydroxylation is 1. The van der Waals surface area contributed by atoms with Crippen LogP contribution in [0.25, 0.3) is 16.9 Å². The van der Waals surface area contributed by atoms with Crippen LogP contribution >= 0.6 is 11.3 Å². The lowest BCUT2D eigenvalue weighted by molar-refractivity contribution is 0.628. The zero-order valence-corrected chi connectivity index (χ0v) is 19.1. The third-order valence-corrected chi connectivity index (χ3v) is 6.66. The van der Waals surface area contributed by atoms with E-state index >= 15 is 0 Å². The van der Waals surface area contributed by atoms with Gasteiger partial charge >= 0.3 is 0 Å². The maximum atomic E-state index is 13.3. The van der Waals surface area contributed by atoms with Crippen molar-refractivity contribution in [2.24, 2.45) is 0 Å². The average molecular weight is 452 g/mol. The number of anilines is 3. The lowest BCUT2D eigenvalue weighted by atomic mass is 10.2. The van der Waals surface area contributed by atoms with Crippen LogP contribution in [0, 0.1) is 5.82 Å². The first kappa shape index (κ1) is 20.8. The van der Waals surface area contributed by atoms with Gasteiger partial charge in [0.15, 0.2) is 16.6 Å². The monoisotopic (exact) mass is 451 g/mol. The molecule has 1 aliphatic rings. The summed E-state index contributed by atoms with van der Waals surface area (Å²) in [6, 6.07) is 10.5. The first-order valence-corrected chi connectivity index (χ1v) is 11.8. The van der Waals surface area contributed by atoms with Gasteiger partial charge in [0.1, 0.15) is 11.6 Å². The Kier molecular flexibility index (Phi) is 5.75. The number of thiazole rings is 1. The number of nitrogens with zero attached hydrogens (tertiary/aromatic N) is 6. The summed E-state index contributed by atoms with van der Waals surface area (Å²) in [6.45, 7) is 6.03. The second-order valence-electron chi connectivity index (χ2n) is 7.87. The van der Waals surface area contributed by atoms with Crippen molar-refractivity contribution in [1.82, 2.24) is 24.9 Å². The van der Waals surface area contributed by atoms with Gasteiger partial charge in [0.25, 0.3) is 0 Å². The number of benzene rings is 1. The van der Waals surface area contributed by atoms with Crippen molar-refractivity contribution in [3.8, 4) is 11.3 Å². The fourth-order valence-electron chi connectivity index (χ4n) is 4.04. The summed E-state index contributed by atoms with van der Waals surface area (Å²) in [4.78, 5) is 14.0. The molecule has 1 aromatic carbocycles. The minimum absolute atomic E-state index is 0.248. The number of nitrogens with one attached hydrogen (secondary N) is 1. The highest BCUT2D eigenvalue weighted by Gasteiger charge is 2.21. The van der Waals surface area contributed by atoms with Crippen molar-refractivity contribution < 1.29 is 4.39 Å². The fourth-order valence-corrected chi connectivity index (χ4v) is 4.84. The molecule has 0 amide bonds. The second kappa shape index (κ2) is 8.84. The Balaban J connectivity index is 1.52. The Morgan fingerprint density at radius 3 is 2.75 bits per heavy atom. The third kappa shape index (κ3) is 3.93. The van der Waals surface area contributed by atoms with Crippen LogP contribution in [0.2, 0.25) is 0 Å². The Hall–Kier alpha value is -3.04. The number of halogens is 1. The van der Waals surface area contributed by atoms with Gasteiger partial charge < -0.3 is 15.1 Å². The van der Waals surface area contributed by atoms with Crippen LogP contribution in [-0.4, -0.2) is 52.8 Å². The molecular weight excluding hydrogens is 425 g/mol. The highest BCUT2D eigenvalue weighted by Crippen LogP contribution is 2.33. The molecule has 1 aliphatic heterocycles. The van der Waals surface area contributed by atoms with Gasteiger partial charge in [-0.15, -0.1) is 16.4 Å². The standard InChI is InChI=1S/C23H26FN7S/c1-3-18-22(29(2)23-27-19(15-32-23)16-5-7-17(24)8-6-16)31-20(26-18)9-10-21(28-31)30-13-4-11-25-12-14-30/h5-10,15,25H,3-4,11-14H2,1-2H3. The van der Waals surface area contributed by atoms with Crippen molar-refractivity contribution in [2.45, 2.75) is 19.8 Å². The van der Waals surface area contributed by atoms with Gasteiger partial charge in [-0.1, -0.05) is 6.92 Å². The lowest BCUT2D eigenvalue weighted by Crippen LogP contribution is -2.29. The molecule has 9 heteroatoms. The average Bonchev–Trinajstić information content (AvgIpc) is 3.35. The molecule has 32 heavy (non-hydrogen) atoms. The minimum atomic E-state index is -0.248. The molecule has 1 saturated heterocycles. The predicted molar refractivity (Wildman–Crippen MR) is 128 cm³/mol. The number of hydrogen-bond acceptors (Lipinski definition) is 7. The van der Waals surface area contributed by atoms with Gasteiger partial charge in [-0.3, -0.25) is 0 Å². The van der Waals surface area contributed by atoms with E-state index in [1.807, 2.05) is 23.0 Å². The summed E-state index contributed by atoms with van der Waals surface area (Å²) in [6.07, 6.45) is 1.89.